The number of hydrogen-bond acceptors (Lipinski definition) is 4. The van der Waals surface area contributed by atoms with E-state index in [0.29, 0.717) is 33.6 Å². The van der Waals surface area contributed by atoms with Gasteiger partial charge in [-0.15, -0.1) is 0 Å². The molecule has 36 heavy (non-hydrogen) atoms. The van der Waals surface area contributed by atoms with Crippen molar-refractivity contribution >= 4 is 64.2 Å². The van der Waals surface area contributed by atoms with Crippen molar-refractivity contribution in [1.82, 2.24) is 4.90 Å². The highest BCUT2D eigenvalue weighted by Gasteiger charge is 2.29. The molecule has 1 saturated heterocycles. The third kappa shape index (κ3) is 4.85. The van der Waals surface area contributed by atoms with Gasteiger partial charge in [0.05, 0.1) is 10.6 Å². The third-order valence-corrected chi connectivity index (χ3v) is 8.23. The zero-order valence-corrected chi connectivity index (χ0v) is 22.3. The lowest BCUT2D eigenvalue weighted by molar-refractivity contribution is -0.114. The van der Waals surface area contributed by atoms with Crippen LogP contribution in [0, 0.1) is 6.92 Å². The fraction of sp³-hybridized carbons (Fsp3) is 0.214. The molecule has 5 rings (SSSR count). The van der Waals surface area contributed by atoms with Gasteiger partial charge in [-0.3, -0.25) is 9.59 Å². The summed E-state index contributed by atoms with van der Waals surface area (Å²) in [6, 6.07) is 18.9. The molecular formula is C28H25Cl2N3O2S. The number of anilines is 2. The van der Waals surface area contributed by atoms with Gasteiger partial charge >= 0.3 is 0 Å². The van der Waals surface area contributed by atoms with Crippen molar-refractivity contribution < 1.29 is 9.59 Å². The summed E-state index contributed by atoms with van der Waals surface area (Å²) in [7, 11) is 1.74. The molecule has 3 aromatic rings. The summed E-state index contributed by atoms with van der Waals surface area (Å²) >= 11 is 13.9. The molecule has 0 aliphatic carbocycles. The summed E-state index contributed by atoms with van der Waals surface area (Å²) in [6.07, 6.45) is 1.81. The molecular weight excluding hydrogens is 513 g/mol. The number of thioether (sulfide) groups is 1. The molecule has 0 spiro atoms. The number of benzene rings is 3. The molecule has 2 aliphatic heterocycles. The van der Waals surface area contributed by atoms with Gasteiger partial charge in [0.2, 0.25) is 0 Å². The molecule has 0 N–H and O–H groups in total. The molecule has 8 heteroatoms. The van der Waals surface area contributed by atoms with Crippen LogP contribution in [0.2, 0.25) is 10.0 Å². The Morgan fingerprint density at radius 2 is 1.69 bits per heavy atom. The monoisotopic (exact) mass is 537 g/mol. The molecule has 0 radical (unpaired) electrons. The minimum atomic E-state index is -0.123. The Balaban J connectivity index is 1.32. The van der Waals surface area contributed by atoms with Crippen LogP contribution in [0.1, 0.15) is 21.5 Å². The van der Waals surface area contributed by atoms with Gasteiger partial charge < -0.3 is 14.7 Å². The Hall–Kier alpha value is -2.93. The van der Waals surface area contributed by atoms with Crippen molar-refractivity contribution in [2.75, 3.05) is 43.0 Å². The number of halogens is 2. The molecule has 2 aliphatic rings. The van der Waals surface area contributed by atoms with Gasteiger partial charge in [0.15, 0.2) is 0 Å². The summed E-state index contributed by atoms with van der Waals surface area (Å²) in [5, 5.41) is 1.31. The first-order valence-electron chi connectivity index (χ1n) is 11.7. The lowest BCUT2D eigenvalue weighted by Gasteiger charge is -2.37. The number of nitrogens with zero attached hydrogens (tertiary/aromatic N) is 3. The van der Waals surface area contributed by atoms with E-state index in [1.165, 1.54) is 17.3 Å². The normalized spacial score (nSPS) is 16.9. The zero-order valence-electron chi connectivity index (χ0n) is 20.0. The van der Waals surface area contributed by atoms with Crippen molar-refractivity contribution in [2.45, 2.75) is 11.8 Å². The minimum absolute atomic E-state index is 0.0245. The molecule has 184 valence electrons. The molecule has 0 atom stereocenters. The lowest BCUT2D eigenvalue weighted by Crippen LogP contribution is -2.49. The molecule has 1 fully saturated rings. The van der Waals surface area contributed by atoms with Crippen LogP contribution in [0.5, 0.6) is 0 Å². The molecule has 3 aromatic carbocycles. The first-order chi connectivity index (χ1) is 17.3. The molecule has 0 unspecified atom stereocenters. The second kappa shape index (κ2) is 10.2. The highest BCUT2D eigenvalue weighted by atomic mass is 35.5. The fourth-order valence-electron chi connectivity index (χ4n) is 4.52. The predicted octanol–water partition coefficient (Wildman–Crippen LogP) is 6.37. The third-order valence-electron chi connectivity index (χ3n) is 6.57. The van der Waals surface area contributed by atoms with Gasteiger partial charge in [-0.05, 0) is 60.5 Å². The Labute approximate surface area is 225 Å². The number of fused-ring (bicyclic) bond motifs is 1. The lowest BCUT2D eigenvalue weighted by atomic mass is 10.1. The zero-order chi connectivity index (χ0) is 25.4. The highest BCUT2D eigenvalue weighted by molar-refractivity contribution is 8.04. The van der Waals surface area contributed by atoms with E-state index in [0.717, 1.165) is 34.9 Å². The second-order valence-corrected chi connectivity index (χ2v) is 10.8. The van der Waals surface area contributed by atoms with Crippen LogP contribution in [0.3, 0.4) is 0 Å². The summed E-state index contributed by atoms with van der Waals surface area (Å²) in [6.45, 7) is 4.79. The van der Waals surface area contributed by atoms with Gasteiger partial charge in [0, 0.05) is 59.4 Å². The number of hydrogen-bond donors (Lipinski definition) is 0. The van der Waals surface area contributed by atoms with Crippen molar-refractivity contribution in [1.29, 1.82) is 0 Å². The van der Waals surface area contributed by atoms with Crippen LogP contribution in [-0.4, -0.2) is 49.9 Å². The van der Waals surface area contributed by atoms with Crippen LogP contribution in [-0.2, 0) is 4.79 Å². The maximum atomic E-state index is 13.3. The summed E-state index contributed by atoms with van der Waals surface area (Å²) in [4.78, 5) is 33.7. The molecule has 0 saturated carbocycles. The average molecular weight is 539 g/mol. The standard InChI is InChI=1S/C28H25Cl2N3O2S/c1-18-7-9-21(29)17-23(18)32-11-13-33(14-12-32)27(34)20-8-10-25-24(15-20)31(2)28(35)26(36-25)16-19-5-3-4-6-22(19)30/h3-10,15-17H,11-14H2,1-2H3. The number of carbonyl (C=O) groups is 2. The van der Waals surface area contributed by atoms with Crippen molar-refractivity contribution in [2.24, 2.45) is 0 Å². The van der Waals surface area contributed by atoms with Crippen LogP contribution >= 0.6 is 35.0 Å². The quantitative estimate of drug-likeness (QED) is 0.364. The van der Waals surface area contributed by atoms with E-state index in [-0.39, 0.29) is 11.8 Å². The number of rotatable bonds is 3. The van der Waals surface area contributed by atoms with E-state index in [4.69, 9.17) is 23.2 Å². The number of carbonyl (C=O) groups excluding carboxylic acids is 2. The van der Waals surface area contributed by atoms with Crippen LogP contribution in [0.4, 0.5) is 11.4 Å². The van der Waals surface area contributed by atoms with Crippen LogP contribution in [0.15, 0.2) is 70.5 Å². The van der Waals surface area contributed by atoms with Crippen LogP contribution < -0.4 is 9.80 Å². The SMILES string of the molecule is Cc1ccc(Cl)cc1N1CCN(C(=O)c2ccc3c(c2)N(C)C(=O)C(=Cc2ccccc2Cl)S3)CC1. The van der Waals surface area contributed by atoms with Crippen molar-refractivity contribution in [3.8, 4) is 0 Å². The van der Waals surface area contributed by atoms with E-state index in [1.54, 1.807) is 18.0 Å². The molecule has 0 bridgehead atoms. The van der Waals surface area contributed by atoms with Gasteiger partial charge in [0.1, 0.15) is 0 Å². The Kier molecular flexibility index (Phi) is 7.02. The van der Waals surface area contributed by atoms with E-state index in [9.17, 15) is 9.59 Å². The van der Waals surface area contributed by atoms with Gasteiger partial charge in [0.25, 0.3) is 11.8 Å². The fourth-order valence-corrected chi connectivity index (χ4v) is 5.96. The molecule has 0 aromatic heterocycles. The maximum Gasteiger partial charge on any atom is 0.264 e. The van der Waals surface area contributed by atoms with E-state index in [2.05, 4.69) is 11.8 Å². The van der Waals surface area contributed by atoms with Gasteiger partial charge in [-0.25, -0.2) is 0 Å². The number of amides is 2. The van der Waals surface area contributed by atoms with Crippen molar-refractivity contribution in [3.63, 3.8) is 0 Å². The van der Waals surface area contributed by atoms with Crippen LogP contribution in [0.25, 0.3) is 6.08 Å². The first-order valence-corrected chi connectivity index (χ1v) is 13.3. The number of piperazine rings is 1. The number of likely N-dealkylation sites (N-methyl/N-ethyl adjacent to an activating group) is 1. The van der Waals surface area contributed by atoms with Crippen molar-refractivity contribution in [3.05, 3.63) is 92.3 Å². The van der Waals surface area contributed by atoms with Gasteiger partial charge in [-0.2, -0.15) is 0 Å². The number of aryl methyl sites for hydroxylation is 1. The topological polar surface area (TPSA) is 43.9 Å². The molecule has 2 heterocycles. The highest BCUT2D eigenvalue weighted by Crippen LogP contribution is 2.42. The smallest absolute Gasteiger partial charge is 0.264 e. The Morgan fingerprint density at radius 1 is 0.944 bits per heavy atom. The molecule has 2 amide bonds. The summed E-state index contributed by atoms with van der Waals surface area (Å²) in [5.74, 6) is -0.147. The average Bonchev–Trinajstić information content (AvgIpc) is 2.89. The van der Waals surface area contributed by atoms with E-state index < -0.39 is 0 Å². The summed E-state index contributed by atoms with van der Waals surface area (Å²) in [5.41, 5.74) is 4.40. The second-order valence-electron chi connectivity index (χ2n) is 8.89. The van der Waals surface area contributed by atoms with Gasteiger partial charge in [-0.1, -0.05) is 59.2 Å². The van der Waals surface area contributed by atoms with E-state index in [1.807, 2.05) is 65.6 Å². The first kappa shape index (κ1) is 24.8. The maximum absolute atomic E-state index is 13.3. The molecule has 5 nitrogen and oxygen atoms in total. The largest absolute Gasteiger partial charge is 0.368 e. The Morgan fingerprint density at radius 3 is 2.44 bits per heavy atom. The predicted molar refractivity (Wildman–Crippen MR) is 149 cm³/mol. The minimum Gasteiger partial charge on any atom is -0.368 e. The summed E-state index contributed by atoms with van der Waals surface area (Å²) < 4.78 is 0. The van der Waals surface area contributed by atoms with E-state index >= 15 is 0 Å². The Bertz CT molecular complexity index is 1380.